The molecular weight excluding hydrogens is 360 g/mol. The van der Waals surface area contributed by atoms with Gasteiger partial charge < -0.3 is 10.6 Å². The highest BCUT2D eigenvalue weighted by molar-refractivity contribution is 9.10. The van der Waals surface area contributed by atoms with Crippen LogP contribution in [0.4, 0.5) is 5.69 Å². The van der Waals surface area contributed by atoms with E-state index in [0.717, 1.165) is 20.9 Å². The summed E-state index contributed by atoms with van der Waals surface area (Å²) in [7, 11) is 0. The molecule has 104 valence electrons. The maximum absolute atomic E-state index is 6.04. The first-order valence-electron chi connectivity index (χ1n) is 6.02. The van der Waals surface area contributed by atoms with Gasteiger partial charge in [0, 0.05) is 21.2 Å². The first kappa shape index (κ1) is 13.9. The molecule has 0 spiro atoms. The van der Waals surface area contributed by atoms with Crippen molar-refractivity contribution in [3.05, 3.63) is 43.8 Å². The van der Waals surface area contributed by atoms with Gasteiger partial charge in [-0.15, -0.1) is 11.3 Å². The molecule has 1 unspecified atom stereocenters. The summed E-state index contributed by atoms with van der Waals surface area (Å²) < 4.78 is 0.838. The minimum Gasteiger partial charge on any atom is -0.369 e. The molecule has 0 aliphatic carbocycles. The minimum atomic E-state index is 0.0572. The number of anilines is 1. The van der Waals surface area contributed by atoms with Gasteiger partial charge >= 0.3 is 0 Å². The summed E-state index contributed by atoms with van der Waals surface area (Å²) in [6, 6.07) is 5.79. The maximum atomic E-state index is 6.04. The summed E-state index contributed by atoms with van der Waals surface area (Å²) in [6.07, 6.45) is 0. The molecular formula is C13H12BrClN4S. The van der Waals surface area contributed by atoms with Crippen molar-refractivity contribution in [1.29, 1.82) is 0 Å². The quantitative estimate of drug-likeness (QED) is 0.875. The molecule has 4 nitrogen and oxygen atoms in total. The molecule has 1 atom stereocenters. The largest absolute Gasteiger partial charge is 0.369 e. The third-order valence-electron chi connectivity index (χ3n) is 3.09. The highest BCUT2D eigenvalue weighted by Gasteiger charge is 2.31. The van der Waals surface area contributed by atoms with Gasteiger partial charge in [-0.2, -0.15) is 0 Å². The second-order valence-corrected chi connectivity index (χ2v) is 6.66. The molecule has 2 N–H and O–H groups in total. The van der Waals surface area contributed by atoms with Gasteiger partial charge in [0.15, 0.2) is 5.96 Å². The summed E-state index contributed by atoms with van der Waals surface area (Å²) in [5.41, 5.74) is 8.02. The van der Waals surface area contributed by atoms with Crippen molar-refractivity contribution in [3.63, 3.8) is 0 Å². The van der Waals surface area contributed by atoms with Gasteiger partial charge in [-0.25, -0.2) is 4.98 Å². The minimum absolute atomic E-state index is 0.0572. The van der Waals surface area contributed by atoms with Crippen molar-refractivity contribution in [3.8, 4) is 0 Å². The van der Waals surface area contributed by atoms with Crippen molar-refractivity contribution < 1.29 is 0 Å². The fraction of sp³-hybridized carbons (Fsp3) is 0.231. The second-order valence-electron chi connectivity index (χ2n) is 4.51. The zero-order valence-corrected chi connectivity index (χ0v) is 13.8. The van der Waals surface area contributed by atoms with E-state index in [4.69, 9.17) is 17.3 Å². The number of thiazole rings is 1. The van der Waals surface area contributed by atoms with Crippen LogP contribution in [0, 0.1) is 6.92 Å². The average Bonchev–Trinajstić information content (AvgIpc) is 2.99. The second kappa shape index (κ2) is 5.35. The maximum Gasteiger partial charge on any atom is 0.196 e. The third-order valence-corrected chi connectivity index (χ3v) is 5.37. The topological polar surface area (TPSA) is 54.5 Å². The molecule has 2 heterocycles. The van der Waals surface area contributed by atoms with Crippen LogP contribution in [0.25, 0.3) is 0 Å². The van der Waals surface area contributed by atoms with E-state index in [-0.39, 0.29) is 6.04 Å². The number of halogens is 2. The van der Waals surface area contributed by atoms with Gasteiger partial charge in [0.1, 0.15) is 11.0 Å². The van der Waals surface area contributed by atoms with Crippen LogP contribution in [0.1, 0.15) is 16.7 Å². The number of hydrogen-bond donors (Lipinski definition) is 1. The molecule has 0 amide bonds. The lowest BCUT2D eigenvalue weighted by molar-refractivity contribution is 0.757. The van der Waals surface area contributed by atoms with E-state index < -0.39 is 0 Å². The lowest BCUT2D eigenvalue weighted by Gasteiger charge is -2.25. The number of nitrogens with two attached hydrogens (primary N) is 1. The molecule has 20 heavy (non-hydrogen) atoms. The number of nitrogens with zero attached hydrogens (tertiary/aromatic N) is 3. The zero-order valence-electron chi connectivity index (χ0n) is 10.7. The average molecular weight is 372 g/mol. The van der Waals surface area contributed by atoms with E-state index in [1.165, 1.54) is 0 Å². The van der Waals surface area contributed by atoms with Crippen LogP contribution < -0.4 is 10.6 Å². The molecule has 3 rings (SSSR count). The van der Waals surface area contributed by atoms with Gasteiger partial charge in [-0.3, -0.25) is 4.99 Å². The Morgan fingerprint density at radius 2 is 2.30 bits per heavy atom. The van der Waals surface area contributed by atoms with E-state index in [1.54, 1.807) is 11.3 Å². The van der Waals surface area contributed by atoms with Crippen molar-refractivity contribution in [2.75, 3.05) is 11.4 Å². The van der Waals surface area contributed by atoms with Gasteiger partial charge in [0.05, 0.1) is 11.6 Å². The van der Waals surface area contributed by atoms with E-state index in [9.17, 15) is 0 Å². The van der Waals surface area contributed by atoms with Gasteiger partial charge in [-0.05, 0) is 41.1 Å². The van der Waals surface area contributed by atoms with Gasteiger partial charge in [-0.1, -0.05) is 11.6 Å². The Hall–Kier alpha value is -1.11. The number of aromatic nitrogens is 1. The first-order valence-corrected chi connectivity index (χ1v) is 8.07. The normalized spacial score (nSPS) is 18.4. The lowest BCUT2D eigenvalue weighted by Crippen LogP contribution is -2.36. The van der Waals surface area contributed by atoms with Gasteiger partial charge in [0.25, 0.3) is 0 Å². The Bertz CT molecular complexity index is 685. The number of rotatable bonds is 2. The van der Waals surface area contributed by atoms with E-state index in [1.807, 2.05) is 35.4 Å². The fourth-order valence-corrected chi connectivity index (χ4v) is 3.52. The molecule has 1 aromatic carbocycles. The van der Waals surface area contributed by atoms with Crippen LogP contribution in [-0.4, -0.2) is 17.5 Å². The summed E-state index contributed by atoms with van der Waals surface area (Å²) in [5, 5.41) is 3.74. The number of aryl methyl sites for hydroxylation is 1. The van der Waals surface area contributed by atoms with Crippen molar-refractivity contribution >= 4 is 50.5 Å². The van der Waals surface area contributed by atoms with Crippen molar-refractivity contribution in [2.45, 2.75) is 13.0 Å². The molecule has 0 saturated carbocycles. The van der Waals surface area contributed by atoms with E-state index in [2.05, 4.69) is 25.9 Å². The Labute approximate surface area is 134 Å². The Morgan fingerprint density at radius 3 is 2.95 bits per heavy atom. The molecule has 0 saturated heterocycles. The van der Waals surface area contributed by atoms with E-state index in [0.29, 0.717) is 17.5 Å². The molecule has 1 aromatic heterocycles. The van der Waals surface area contributed by atoms with E-state index >= 15 is 0 Å². The highest BCUT2D eigenvalue weighted by Crippen LogP contribution is 2.35. The molecule has 0 bridgehead atoms. The van der Waals surface area contributed by atoms with Crippen LogP contribution in [0.5, 0.6) is 0 Å². The van der Waals surface area contributed by atoms with Gasteiger partial charge in [0.2, 0.25) is 0 Å². The van der Waals surface area contributed by atoms with Crippen LogP contribution in [0.3, 0.4) is 0 Å². The molecule has 1 aliphatic rings. The predicted molar refractivity (Wildman–Crippen MR) is 87.7 cm³/mol. The molecule has 7 heteroatoms. The molecule has 2 aromatic rings. The first-order chi connectivity index (χ1) is 9.56. The summed E-state index contributed by atoms with van der Waals surface area (Å²) in [5.74, 6) is 0.511. The smallest absolute Gasteiger partial charge is 0.196 e. The summed E-state index contributed by atoms with van der Waals surface area (Å²) in [6.45, 7) is 2.61. The monoisotopic (exact) mass is 370 g/mol. The van der Waals surface area contributed by atoms with Crippen LogP contribution in [-0.2, 0) is 0 Å². The van der Waals surface area contributed by atoms with Crippen molar-refractivity contribution in [2.24, 2.45) is 10.7 Å². The Morgan fingerprint density at radius 1 is 1.50 bits per heavy atom. The fourth-order valence-electron chi connectivity index (χ4n) is 2.16. The molecule has 0 fully saturated rings. The van der Waals surface area contributed by atoms with Crippen molar-refractivity contribution in [1.82, 2.24) is 4.98 Å². The molecule has 0 radical (unpaired) electrons. The lowest BCUT2D eigenvalue weighted by atomic mass is 10.2. The SMILES string of the molecule is Cc1csc(C2CN=C(N)N2c2ccc(Cl)c(Br)c2)n1. The number of benzene rings is 1. The van der Waals surface area contributed by atoms with Crippen LogP contribution in [0.2, 0.25) is 5.02 Å². The summed E-state index contributed by atoms with van der Waals surface area (Å²) in [4.78, 5) is 10.9. The number of hydrogen-bond acceptors (Lipinski definition) is 5. The highest BCUT2D eigenvalue weighted by atomic mass is 79.9. The number of guanidine groups is 1. The Kier molecular flexibility index (Phi) is 3.70. The van der Waals surface area contributed by atoms with Crippen LogP contribution >= 0.6 is 38.9 Å². The predicted octanol–water partition coefficient (Wildman–Crippen LogP) is 3.74. The standard InChI is InChI=1S/C13H12BrClN4S/c1-7-6-20-12(18-7)11-5-17-13(16)19(11)8-2-3-10(15)9(14)4-8/h2-4,6,11H,5H2,1H3,(H2,16,17). The Balaban J connectivity index is 1.99. The number of aliphatic imine (C=N–C) groups is 1. The zero-order chi connectivity index (χ0) is 14.3. The molecule has 1 aliphatic heterocycles. The van der Waals surface area contributed by atoms with Crippen LogP contribution in [0.15, 0.2) is 33.0 Å². The summed E-state index contributed by atoms with van der Waals surface area (Å²) >= 11 is 11.1. The third kappa shape index (κ3) is 2.43.